The fraction of sp³-hybridized carbons (Fsp3) is 0.353. The molecule has 0 unspecified atom stereocenters. The number of halogens is 2. The molecule has 2 aromatic rings. The van der Waals surface area contributed by atoms with Crippen molar-refractivity contribution in [2.24, 2.45) is 0 Å². The van der Waals surface area contributed by atoms with Gasteiger partial charge in [-0.1, -0.05) is 23.2 Å². The SMILES string of the molecule is Cc1ccc(C(=O)NC2CCN(C(=O)c3nc(Cl)ccc3Cl)CC2)o1. The van der Waals surface area contributed by atoms with Gasteiger partial charge in [-0.05, 0) is 44.0 Å². The zero-order valence-electron chi connectivity index (χ0n) is 13.6. The van der Waals surface area contributed by atoms with E-state index in [2.05, 4.69) is 10.3 Å². The van der Waals surface area contributed by atoms with Crippen molar-refractivity contribution < 1.29 is 14.0 Å². The molecule has 0 atom stereocenters. The topological polar surface area (TPSA) is 75.4 Å². The Balaban J connectivity index is 1.57. The third-order valence-electron chi connectivity index (χ3n) is 4.10. The molecular weight excluding hydrogens is 365 g/mol. The molecule has 3 heterocycles. The highest BCUT2D eigenvalue weighted by Crippen LogP contribution is 2.21. The highest BCUT2D eigenvalue weighted by Gasteiger charge is 2.27. The minimum atomic E-state index is -0.251. The van der Waals surface area contributed by atoms with Crippen LogP contribution in [0.5, 0.6) is 0 Å². The molecule has 6 nitrogen and oxygen atoms in total. The summed E-state index contributed by atoms with van der Waals surface area (Å²) in [5.41, 5.74) is 0.155. The summed E-state index contributed by atoms with van der Waals surface area (Å²) in [6.45, 7) is 2.80. The molecule has 1 aliphatic heterocycles. The Morgan fingerprint density at radius 1 is 1.20 bits per heavy atom. The Kier molecular flexibility index (Phi) is 5.30. The van der Waals surface area contributed by atoms with Crippen LogP contribution in [-0.2, 0) is 0 Å². The third kappa shape index (κ3) is 4.14. The molecular formula is C17H17Cl2N3O3. The molecule has 0 saturated carbocycles. The molecule has 0 spiro atoms. The molecule has 132 valence electrons. The standard InChI is InChI=1S/C17H17Cl2N3O3/c1-10-2-4-13(25-10)16(23)20-11-6-8-22(9-7-11)17(24)15-12(18)3-5-14(19)21-15/h2-5,11H,6-9H2,1H3,(H,20,23). The van der Waals surface area contributed by atoms with Crippen LogP contribution in [0, 0.1) is 6.92 Å². The maximum Gasteiger partial charge on any atom is 0.287 e. The van der Waals surface area contributed by atoms with Gasteiger partial charge in [0.1, 0.15) is 16.6 Å². The maximum atomic E-state index is 12.5. The second-order valence-corrected chi connectivity index (χ2v) is 6.71. The molecule has 0 radical (unpaired) electrons. The van der Waals surface area contributed by atoms with Gasteiger partial charge in [0.25, 0.3) is 11.8 Å². The summed E-state index contributed by atoms with van der Waals surface area (Å²) in [6, 6.07) is 6.49. The first kappa shape index (κ1) is 17.8. The average molecular weight is 382 g/mol. The van der Waals surface area contributed by atoms with Gasteiger partial charge in [0.2, 0.25) is 0 Å². The van der Waals surface area contributed by atoms with Crippen molar-refractivity contribution in [1.29, 1.82) is 0 Å². The number of nitrogens with one attached hydrogen (secondary N) is 1. The van der Waals surface area contributed by atoms with Gasteiger partial charge in [0.05, 0.1) is 5.02 Å². The van der Waals surface area contributed by atoms with E-state index < -0.39 is 0 Å². The molecule has 1 aliphatic rings. The maximum absolute atomic E-state index is 12.5. The van der Waals surface area contributed by atoms with E-state index in [-0.39, 0.29) is 33.7 Å². The number of aromatic nitrogens is 1. The van der Waals surface area contributed by atoms with Gasteiger partial charge in [-0.15, -0.1) is 0 Å². The van der Waals surface area contributed by atoms with E-state index in [1.165, 1.54) is 0 Å². The summed E-state index contributed by atoms with van der Waals surface area (Å²) in [6.07, 6.45) is 1.30. The summed E-state index contributed by atoms with van der Waals surface area (Å²) in [4.78, 5) is 30.3. The number of carbonyl (C=O) groups is 2. The van der Waals surface area contributed by atoms with E-state index in [4.69, 9.17) is 27.6 Å². The molecule has 3 rings (SSSR count). The van der Waals surface area contributed by atoms with Gasteiger partial charge in [-0.25, -0.2) is 4.98 Å². The molecule has 25 heavy (non-hydrogen) atoms. The first-order valence-corrected chi connectivity index (χ1v) is 8.68. The molecule has 0 aromatic carbocycles. The number of hydrogen-bond acceptors (Lipinski definition) is 4. The Bertz CT molecular complexity index is 798. The van der Waals surface area contributed by atoms with E-state index >= 15 is 0 Å². The monoisotopic (exact) mass is 381 g/mol. The Hall–Kier alpha value is -2.05. The molecule has 1 N–H and O–H groups in total. The number of carbonyl (C=O) groups excluding carboxylic acids is 2. The summed E-state index contributed by atoms with van der Waals surface area (Å²) < 4.78 is 5.32. The van der Waals surface area contributed by atoms with Crippen LogP contribution >= 0.6 is 23.2 Å². The van der Waals surface area contributed by atoms with E-state index in [1.807, 2.05) is 0 Å². The lowest BCUT2D eigenvalue weighted by Crippen LogP contribution is -2.46. The minimum Gasteiger partial charge on any atom is -0.456 e. The highest BCUT2D eigenvalue weighted by atomic mass is 35.5. The lowest BCUT2D eigenvalue weighted by Gasteiger charge is -2.32. The van der Waals surface area contributed by atoms with Crippen LogP contribution in [0.3, 0.4) is 0 Å². The van der Waals surface area contributed by atoms with Crippen LogP contribution in [-0.4, -0.2) is 40.8 Å². The molecule has 0 bridgehead atoms. The number of furan rings is 1. The van der Waals surface area contributed by atoms with Crippen LogP contribution in [0.1, 0.15) is 39.6 Å². The van der Waals surface area contributed by atoms with Crippen molar-refractivity contribution in [1.82, 2.24) is 15.2 Å². The highest BCUT2D eigenvalue weighted by molar-refractivity contribution is 6.34. The van der Waals surface area contributed by atoms with Crippen molar-refractivity contribution in [2.45, 2.75) is 25.8 Å². The summed E-state index contributed by atoms with van der Waals surface area (Å²) in [5, 5.41) is 3.44. The lowest BCUT2D eigenvalue weighted by atomic mass is 10.0. The summed E-state index contributed by atoms with van der Waals surface area (Å²) in [5.74, 6) is 0.499. The van der Waals surface area contributed by atoms with Crippen molar-refractivity contribution in [2.75, 3.05) is 13.1 Å². The molecule has 8 heteroatoms. The second-order valence-electron chi connectivity index (χ2n) is 5.91. The van der Waals surface area contributed by atoms with E-state index in [0.717, 1.165) is 0 Å². The Morgan fingerprint density at radius 2 is 1.92 bits per heavy atom. The van der Waals surface area contributed by atoms with Crippen molar-refractivity contribution >= 4 is 35.0 Å². The normalized spacial score (nSPS) is 15.2. The van der Waals surface area contributed by atoms with Crippen LogP contribution in [0.25, 0.3) is 0 Å². The molecule has 1 fully saturated rings. The largest absolute Gasteiger partial charge is 0.456 e. The Labute approximate surface area is 155 Å². The van der Waals surface area contributed by atoms with Crippen LogP contribution < -0.4 is 5.32 Å². The number of nitrogens with zero attached hydrogens (tertiary/aromatic N) is 2. The molecule has 2 amide bonds. The fourth-order valence-corrected chi connectivity index (χ4v) is 3.09. The molecule has 2 aromatic heterocycles. The van der Waals surface area contributed by atoms with Crippen molar-refractivity contribution in [3.05, 3.63) is 51.7 Å². The number of piperidine rings is 1. The number of pyridine rings is 1. The van der Waals surface area contributed by atoms with Crippen molar-refractivity contribution in [3.63, 3.8) is 0 Å². The summed E-state index contributed by atoms with van der Waals surface area (Å²) >= 11 is 11.9. The van der Waals surface area contributed by atoms with Crippen molar-refractivity contribution in [3.8, 4) is 0 Å². The predicted octanol–water partition coefficient (Wildman–Crippen LogP) is 3.32. The van der Waals surface area contributed by atoms with Gasteiger partial charge >= 0.3 is 0 Å². The number of amides is 2. The third-order valence-corrected chi connectivity index (χ3v) is 4.61. The first-order valence-electron chi connectivity index (χ1n) is 7.92. The zero-order valence-corrected chi connectivity index (χ0v) is 15.1. The fourth-order valence-electron chi connectivity index (χ4n) is 2.76. The van der Waals surface area contributed by atoms with E-state index in [9.17, 15) is 9.59 Å². The van der Waals surface area contributed by atoms with E-state index in [0.29, 0.717) is 37.5 Å². The second kappa shape index (κ2) is 7.45. The van der Waals surface area contributed by atoms with E-state index in [1.54, 1.807) is 36.1 Å². The first-order chi connectivity index (χ1) is 11.9. The van der Waals surface area contributed by atoms with Gasteiger partial charge in [0, 0.05) is 19.1 Å². The number of hydrogen-bond donors (Lipinski definition) is 1. The Morgan fingerprint density at radius 3 is 2.56 bits per heavy atom. The van der Waals surface area contributed by atoms with Gasteiger partial charge in [0.15, 0.2) is 5.76 Å². The van der Waals surface area contributed by atoms with Crippen LogP contribution in [0.15, 0.2) is 28.7 Å². The predicted molar refractivity (Wildman–Crippen MR) is 94.1 cm³/mol. The number of aryl methyl sites for hydroxylation is 1. The number of rotatable bonds is 3. The molecule has 1 saturated heterocycles. The van der Waals surface area contributed by atoms with Gasteiger partial charge in [-0.3, -0.25) is 9.59 Å². The van der Waals surface area contributed by atoms with Crippen LogP contribution in [0.4, 0.5) is 0 Å². The lowest BCUT2D eigenvalue weighted by molar-refractivity contribution is 0.0690. The average Bonchev–Trinajstić information content (AvgIpc) is 3.04. The van der Waals surface area contributed by atoms with Gasteiger partial charge < -0.3 is 14.6 Å². The van der Waals surface area contributed by atoms with Gasteiger partial charge in [-0.2, -0.15) is 0 Å². The quantitative estimate of drug-likeness (QED) is 0.827. The summed E-state index contributed by atoms with van der Waals surface area (Å²) in [7, 11) is 0. The zero-order chi connectivity index (χ0) is 18.0. The molecule has 0 aliphatic carbocycles. The van der Waals surface area contributed by atoms with Crippen LogP contribution in [0.2, 0.25) is 10.2 Å². The number of likely N-dealkylation sites (tertiary alicyclic amines) is 1. The smallest absolute Gasteiger partial charge is 0.287 e. The minimum absolute atomic E-state index is 0.00949.